The number of nitrogens with one attached hydrogen (secondary N) is 2. The number of anilines is 4. The van der Waals surface area contributed by atoms with Crippen molar-refractivity contribution in [2.75, 3.05) is 40.1 Å². The van der Waals surface area contributed by atoms with E-state index in [4.69, 9.17) is 11.4 Å². The van der Waals surface area contributed by atoms with Crippen molar-refractivity contribution in [3.63, 3.8) is 0 Å². The van der Waals surface area contributed by atoms with Crippen molar-refractivity contribution in [1.82, 2.24) is 15.0 Å². The van der Waals surface area contributed by atoms with Crippen molar-refractivity contribution in [2.45, 2.75) is 24.3 Å². The first kappa shape index (κ1) is 23.7. The summed E-state index contributed by atoms with van der Waals surface area (Å²) < 4.78 is 40.7. The van der Waals surface area contributed by atoms with Crippen molar-refractivity contribution in [2.24, 2.45) is 10.2 Å². The van der Waals surface area contributed by atoms with Gasteiger partial charge in [0.05, 0.1) is 24.0 Å². The first-order valence-electron chi connectivity index (χ1n) is 11.8. The largest absolute Gasteiger partial charge is 0.442 e. The van der Waals surface area contributed by atoms with Crippen LogP contribution in [0.3, 0.4) is 0 Å². The van der Waals surface area contributed by atoms with Crippen LogP contribution < -0.4 is 20.4 Å². The highest BCUT2D eigenvalue weighted by molar-refractivity contribution is 6.04. The van der Waals surface area contributed by atoms with Crippen LogP contribution in [0.1, 0.15) is 12.0 Å². The Balaban J connectivity index is 1.32. The molecule has 2 N–H and O–H groups in total. The molecule has 2 bridgehead atoms. The fourth-order valence-electron chi connectivity index (χ4n) is 4.78. The second-order valence-electron chi connectivity index (χ2n) is 9.00. The van der Waals surface area contributed by atoms with E-state index in [-0.39, 0.29) is 29.9 Å². The van der Waals surface area contributed by atoms with Gasteiger partial charge in [0.1, 0.15) is 5.82 Å². The molecule has 0 radical (unpaired) electrons. The molecule has 1 fully saturated rings. The maximum absolute atomic E-state index is 13.6. The number of aromatic nitrogens is 3. The zero-order valence-corrected chi connectivity index (χ0v) is 19.8. The Kier molecular flexibility index (Phi) is 5.41. The zero-order valence-electron chi connectivity index (χ0n) is 19.8. The second-order valence-corrected chi connectivity index (χ2v) is 9.00. The molecule has 13 heteroatoms. The number of amides is 2. The standard InChI is InChI=1S/C25H20F3N9O/c1-2-10-29-22-30-11-8-20(32-22)33-23(38)37-17-9-12-36(14-17)19-7-6-18(31-21(19)37)15-4-3-5-16(13-15)24(34-35-24)25(26,27)28/h1,3-8,11,13,17H,9-10,12,14H2,(H2,29,30,32,33,38)/t17-/m0/s1. The molecule has 3 aliphatic heterocycles. The third-order valence-corrected chi connectivity index (χ3v) is 6.67. The summed E-state index contributed by atoms with van der Waals surface area (Å²) in [5.74, 6) is 3.41. The molecule has 3 aromatic rings. The molecule has 3 aliphatic rings. The fraction of sp³-hybridized carbons (Fsp3) is 0.280. The van der Waals surface area contributed by atoms with E-state index in [0.717, 1.165) is 18.7 Å². The molecular weight excluding hydrogens is 499 g/mol. The first-order valence-corrected chi connectivity index (χ1v) is 11.8. The molecule has 2 amide bonds. The molecule has 0 spiro atoms. The summed E-state index contributed by atoms with van der Waals surface area (Å²) >= 11 is 0. The SMILES string of the molecule is C#CCNc1nccc(NC(=O)N2c3nc(-c4cccc(C5(C(F)(F)F)N=N5)c4)ccc3N3CC[C@H]2C3)n1. The summed E-state index contributed by atoms with van der Waals surface area (Å²) in [5.41, 5.74) is -0.962. The Morgan fingerprint density at radius 2 is 2.03 bits per heavy atom. The van der Waals surface area contributed by atoms with Crippen LogP contribution >= 0.6 is 0 Å². The van der Waals surface area contributed by atoms with Crippen LogP contribution in [-0.4, -0.2) is 52.8 Å². The van der Waals surface area contributed by atoms with Crippen molar-refractivity contribution < 1.29 is 18.0 Å². The molecule has 0 unspecified atom stereocenters. The van der Waals surface area contributed by atoms with E-state index in [0.29, 0.717) is 23.6 Å². The van der Waals surface area contributed by atoms with Gasteiger partial charge in [0.25, 0.3) is 0 Å². The van der Waals surface area contributed by atoms with Gasteiger partial charge in [-0.1, -0.05) is 24.1 Å². The van der Waals surface area contributed by atoms with Crippen LogP contribution in [0.25, 0.3) is 11.3 Å². The number of urea groups is 1. The molecule has 2 aromatic heterocycles. The number of benzene rings is 1. The molecule has 38 heavy (non-hydrogen) atoms. The van der Waals surface area contributed by atoms with Gasteiger partial charge in [-0.3, -0.25) is 10.2 Å². The summed E-state index contributed by atoms with van der Waals surface area (Å²) in [7, 11) is 0. The van der Waals surface area contributed by atoms with Gasteiger partial charge in [0.2, 0.25) is 5.95 Å². The summed E-state index contributed by atoms with van der Waals surface area (Å²) in [6.45, 7) is 1.63. The third kappa shape index (κ3) is 3.94. The lowest BCUT2D eigenvalue weighted by molar-refractivity contribution is -0.166. The number of hydrogen-bond acceptors (Lipinski definition) is 8. The van der Waals surface area contributed by atoms with Gasteiger partial charge in [-0.05, 0) is 30.7 Å². The lowest BCUT2D eigenvalue weighted by Gasteiger charge is -2.35. The minimum atomic E-state index is -4.63. The maximum atomic E-state index is 13.6. The van der Waals surface area contributed by atoms with E-state index in [2.05, 4.69) is 41.7 Å². The number of pyridine rings is 1. The highest BCUT2D eigenvalue weighted by Gasteiger charge is 2.65. The number of hydrogen-bond donors (Lipinski definition) is 2. The number of terminal acetylenes is 1. The van der Waals surface area contributed by atoms with Gasteiger partial charge in [-0.15, -0.1) is 16.7 Å². The lowest BCUT2D eigenvalue weighted by Crippen LogP contribution is -2.48. The molecule has 1 saturated heterocycles. The number of carbonyl (C=O) groups excluding carboxylic acids is 1. The number of carbonyl (C=O) groups is 1. The van der Waals surface area contributed by atoms with Crippen molar-refractivity contribution in [1.29, 1.82) is 0 Å². The molecule has 5 heterocycles. The Morgan fingerprint density at radius 3 is 2.79 bits per heavy atom. The molecule has 10 nitrogen and oxygen atoms in total. The minimum Gasteiger partial charge on any atom is -0.366 e. The summed E-state index contributed by atoms with van der Waals surface area (Å²) in [5, 5.41) is 12.2. The molecule has 192 valence electrons. The molecule has 0 saturated carbocycles. The number of nitrogens with zero attached hydrogens (tertiary/aromatic N) is 7. The molecule has 1 aromatic carbocycles. The lowest BCUT2D eigenvalue weighted by atomic mass is 9.99. The van der Waals surface area contributed by atoms with Crippen molar-refractivity contribution in [3.8, 4) is 23.6 Å². The average molecular weight is 519 g/mol. The predicted molar refractivity (Wildman–Crippen MR) is 134 cm³/mol. The maximum Gasteiger partial charge on any atom is 0.442 e. The Labute approximate surface area is 215 Å². The average Bonchev–Trinajstić information content (AvgIpc) is 3.64. The van der Waals surface area contributed by atoms with Crippen LogP contribution in [-0.2, 0) is 5.66 Å². The van der Waals surface area contributed by atoms with Crippen LogP contribution in [0.2, 0.25) is 0 Å². The topological polar surface area (TPSA) is 111 Å². The zero-order chi connectivity index (χ0) is 26.5. The number of rotatable bonds is 5. The van der Waals surface area contributed by atoms with E-state index in [1.807, 2.05) is 6.07 Å². The van der Waals surface area contributed by atoms with Crippen LogP contribution in [0.15, 0.2) is 58.9 Å². The summed E-state index contributed by atoms with van der Waals surface area (Å²) in [6.07, 6.45) is 2.87. The quantitative estimate of drug-likeness (QED) is 0.484. The second kappa shape index (κ2) is 8.69. The number of fused-ring (bicyclic) bond motifs is 4. The normalized spacial score (nSPS) is 18.5. The van der Waals surface area contributed by atoms with Crippen molar-refractivity contribution in [3.05, 3.63) is 54.2 Å². The monoisotopic (exact) mass is 519 g/mol. The first-order chi connectivity index (χ1) is 18.3. The predicted octanol–water partition coefficient (Wildman–Crippen LogP) is 4.40. The van der Waals surface area contributed by atoms with Crippen LogP contribution in [0, 0.1) is 12.3 Å². The minimum absolute atomic E-state index is 0.0848. The fourth-order valence-corrected chi connectivity index (χ4v) is 4.78. The Morgan fingerprint density at radius 1 is 1.18 bits per heavy atom. The molecule has 1 atom stereocenters. The molecule has 0 aliphatic carbocycles. The van der Waals surface area contributed by atoms with Crippen LogP contribution in [0.4, 0.5) is 41.2 Å². The van der Waals surface area contributed by atoms with Gasteiger partial charge < -0.3 is 10.2 Å². The highest BCUT2D eigenvalue weighted by Crippen LogP contribution is 2.52. The van der Waals surface area contributed by atoms with Crippen LogP contribution in [0.5, 0.6) is 0 Å². The van der Waals surface area contributed by atoms with E-state index in [9.17, 15) is 18.0 Å². The van der Waals surface area contributed by atoms with Gasteiger partial charge in [0, 0.05) is 30.4 Å². The number of halogens is 3. The number of alkyl halides is 3. The molecular formula is C25H20F3N9O. The summed E-state index contributed by atoms with van der Waals surface area (Å²) in [6, 6.07) is 10.5. The van der Waals surface area contributed by atoms with E-state index in [1.54, 1.807) is 23.1 Å². The molecule has 6 rings (SSSR count). The summed E-state index contributed by atoms with van der Waals surface area (Å²) in [4.78, 5) is 30.3. The third-order valence-electron chi connectivity index (χ3n) is 6.67. The Hall–Kier alpha value is -4.73. The van der Waals surface area contributed by atoms with E-state index in [1.165, 1.54) is 24.4 Å². The van der Waals surface area contributed by atoms with Gasteiger partial charge in [0.15, 0.2) is 5.82 Å². The smallest absolute Gasteiger partial charge is 0.366 e. The van der Waals surface area contributed by atoms with Gasteiger partial charge >= 0.3 is 17.9 Å². The highest BCUT2D eigenvalue weighted by atomic mass is 19.4. The van der Waals surface area contributed by atoms with Gasteiger partial charge in [-0.25, -0.2) is 14.8 Å². The van der Waals surface area contributed by atoms with E-state index >= 15 is 0 Å². The van der Waals surface area contributed by atoms with E-state index < -0.39 is 17.9 Å². The van der Waals surface area contributed by atoms with Gasteiger partial charge in [-0.2, -0.15) is 18.2 Å². The van der Waals surface area contributed by atoms with Crippen molar-refractivity contribution >= 4 is 29.3 Å². The Bertz CT molecular complexity index is 1490.